The molecule has 2 bridgehead atoms. The zero-order valence-corrected chi connectivity index (χ0v) is 14.8. The van der Waals surface area contributed by atoms with E-state index in [1.165, 1.54) is 58.0 Å². The SMILES string of the molecule is CCCC(CS)(CCC)CN(C)CC1CC2CCC1C2. The van der Waals surface area contributed by atoms with Gasteiger partial charge in [-0.1, -0.05) is 33.1 Å². The monoisotopic (exact) mass is 297 g/mol. The van der Waals surface area contributed by atoms with Crippen molar-refractivity contribution in [3.05, 3.63) is 0 Å². The summed E-state index contributed by atoms with van der Waals surface area (Å²) in [5.74, 6) is 4.19. The Morgan fingerprint density at radius 1 is 1.10 bits per heavy atom. The molecule has 0 aromatic heterocycles. The molecule has 2 fully saturated rings. The fourth-order valence-corrected chi connectivity index (χ4v) is 5.61. The van der Waals surface area contributed by atoms with Crippen LogP contribution in [0.25, 0.3) is 0 Å². The van der Waals surface area contributed by atoms with E-state index in [2.05, 4.69) is 25.8 Å². The third-order valence-electron chi connectivity index (χ3n) is 5.93. The summed E-state index contributed by atoms with van der Waals surface area (Å²) in [5, 5.41) is 0. The maximum Gasteiger partial charge on any atom is 0.00429 e. The number of thiol groups is 1. The molecule has 0 radical (unpaired) electrons. The van der Waals surface area contributed by atoms with Crippen LogP contribution in [-0.4, -0.2) is 30.8 Å². The topological polar surface area (TPSA) is 3.24 Å². The number of hydrogen-bond acceptors (Lipinski definition) is 2. The van der Waals surface area contributed by atoms with Crippen molar-refractivity contribution in [2.75, 3.05) is 25.9 Å². The summed E-state index contributed by atoms with van der Waals surface area (Å²) in [6.07, 6.45) is 11.4. The highest BCUT2D eigenvalue weighted by molar-refractivity contribution is 7.80. The van der Waals surface area contributed by atoms with Crippen molar-refractivity contribution in [2.45, 2.75) is 65.2 Å². The lowest BCUT2D eigenvalue weighted by Crippen LogP contribution is -2.40. The molecule has 0 saturated heterocycles. The minimum Gasteiger partial charge on any atom is -0.306 e. The quantitative estimate of drug-likeness (QED) is 0.594. The fourth-order valence-electron chi connectivity index (χ4n) is 5.19. The van der Waals surface area contributed by atoms with E-state index in [9.17, 15) is 0 Å². The predicted octanol–water partition coefficient (Wildman–Crippen LogP) is 4.87. The van der Waals surface area contributed by atoms with E-state index in [0.29, 0.717) is 5.41 Å². The largest absolute Gasteiger partial charge is 0.306 e. The van der Waals surface area contributed by atoms with Crippen LogP contribution in [0.4, 0.5) is 0 Å². The van der Waals surface area contributed by atoms with Gasteiger partial charge in [-0.25, -0.2) is 0 Å². The lowest BCUT2D eigenvalue weighted by Gasteiger charge is -2.38. The molecule has 0 heterocycles. The van der Waals surface area contributed by atoms with Crippen molar-refractivity contribution in [1.82, 2.24) is 4.90 Å². The van der Waals surface area contributed by atoms with Crippen LogP contribution in [0.5, 0.6) is 0 Å². The first kappa shape index (κ1) is 16.7. The molecule has 2 aliphatic rings. The van der Waals surface area contributed by atoms with Gasteiger partial charge in [0.2, 0.25) is 0 Å². The van der Waals surface area contributed by atoms with Crippen molar-refractivity contribution in [2.24, 2.45) is 23.2 Å². The van der Waals surface area contributed by atoms with Crippen molar-refractivity contribution in [1.29, 1.82) is 0 Å². The maximum absolute atomic E-state index is 4.71. The van der Waals surface area contributed by atoms with Gasteiger partial charge < -0.3 is 4.90 Å². The number of nitrogens with zero attached hydrogens (tertiary/aromatic N) is 1. The maximum atomic E-state index is 4.71. The molecule has 2 heteroatoms. The Morgan fingerprint density at radius 2 is 1.80 bits per heavy atom. The molecule has 0 N–H and O–H groups in total. The first-order valence-electron chi connectivity index (χ1n) is 8.92. The van der Waals surface area contributed by atoms with Crippen LogP contribution in [0.15, 0.2) is 0 Å². The second-order valence-corrected chi connectivity index (χ2v) is 8.11. The Labute approximate surface area is 132 Å². The highest BCUT2D eigenvalue weighted by Crippen LogP contribution is 2.48. The zero-order valence-electron chi connectivity index (χ0n) is 13.9. The van der Waals surface area contributed by atoms with Crippen LogP contribution in [0.3, 0.4) is 0 Å². The molecule has 118 valence electrons. The van der Waals surface area contributed by atoms with E-state index >= 15 is 0 Å². The number of fused-ring (bicyclic) bond motifs is 2. The summed E-state index contributed by atoms with van der Waals surface area (Å²) in [6, 6.07) is 0. The van der Waals surface area contributed by atoms with Gasteiger partial charge in [0.15, 0.2) is 0 Å². The summed E-state index contributed by atoms with van der Waals surface area (Å²) in [6.45, 7) is 7.24. The van der Waals surface area contributed by atoms with E-state index < -0.39 is 0 Å². The van der Waals surface area contributed by atoms with Gasteiger partial charge in [0.25, 0.3) is 0 Å². The summed E-state index contributed by atoms with van der Waals surface area (Å²) in [4.78, 5) is 2.65. The minimum absolute atomic E-state index is 0.457. The van der Waals surface area contributed by atoms with Crippen LogP contribution in [0, 0.1) is 23.2 Å². The highest BCUT2D eigenvalue weighted by atomic mass is 32.1. The third-order valence-corrected chi connectivity index (χ3v) is 6.60. The minimum atomic E-state index is 0.457. The molecule has 2 saturated carbocycles. The van der Waals surface area contributed by atoms with Crippen molar-refractivity contribution in [3.63, 3.8) is 0 Å². The van der Waals surface area contributed by atoms with Crippen molar-refractivity contribution < 1.29 is 0 Å². The van der Waals surface area contributed by atoms with Gasteiger partial charge in [-0.15, -0.1) is 0 Å². The van der Waals surface area contributed by atoms with Crippen molar-refractivity contribution in [3.8, 4) is 0 Å². The van der Waals surface area contributed by atoms with E-state index in [0.717, 1.165) is 23.5 Å². The van der Waals surface area contributed by atoms with Gasteiger partial charge in [-0.05, 0) is 68.1 Å². The van der Waals surface area contributed by atoms with E-state index in [1.54, 1.807) is 6.42 Å². The molecule has 0 aromatic rings. The van der Waals surface area contributed by atoms with Crippen LogP contribution in [0.1, 0.15) is 65.2 Å². The van der Waals surface area contributed by atoms with Gasteiger partial charge in [-0.2, -0.15) is 12.6 Å². The van der Waals surface area contributed by atoms with Gasteiger partial charge in [-0.3, -0.25) is 0 Å². The fraction of sp³-hybridized carbons (Fsp3) is 1.00. The molecule has 0 aliphatic heterocycles. The Bertz CT molecular complexity index is 285. The molecule has 1 nitrogen and oxygen atoms in total. The second-order valence-electron chi connectivity index (χ2n) is 7.79. The molecule has 20 heavy (non-hydrogen) atoms. The van der Waals surface area contributed by atoms with E-state index in [1.807, 2.05) is 0 Å². The summed E-state index contributed by atoms with van der Waals surface area (Å²) >= 11 is 4.71. The van der Waals surface area contributed by atoms with Gasteiger partial charge >= 0.3 is 0 Å². The molecular weight excluding hydrogens is 262 g/mol. The average Bonchev–Trinajstić information content (AvgIpc) is 3.01. The molecule has 0 aromatic carbocycles. The Kier molecular flexibility index (Phi) is 6.28. The number of hydrogen-bond donors (Lipinski definition) is 1. The standard InChI is InChI=1S/C18H35NS/c1-4-8-18(14-20,9-5-2)13-19(3)12-17-11-15-6-7-16(17)10-15/h15-17,20H,4-14H2,1-3H3. The summed E-state index contributed by atoms with van der Waals surface area (Å²) < 4.78 is 0. The van der Waals surface area contributed by atoms with Crippen LogP contribution < -0.4 is 0 Å². The van der Waals surface area contributed by atoms with Crippen LogP contribution in [-0.2, 0) is 0 Å². The molecular formula is C18H35NS. The smallest absolute Gasteiger partial charge is 0.00429 e. The van der Waals surface area contributed by atoms with Gasteiger partial charge in [0, 0.05) is 13.1 Å². The lowest BCUT2D eigenvalue weighted by atomic mass is 9.80. The van der Waals surface area contributed by atoms with Gasteiger partial charge in [0.05, 0.1) is 0 Å². The van der Waals surface area contributed by atoms with Crippen molar-refractivity contribution >= 4 is 12.6 Å². The Balaban J connectivity index is 1.85. The molecule has 2 aliphatic carbocycles. The van der Waals surface area contributed by atoms with Crippen LogP contribution in [0.2, 0.25) is 0 Å². The molecule has 2 rings (SSSR count). The van der Waals surface area contributed by atoms with E-state index in [-0.39, 0.29) is 0 Å². The van der Waals surface area contributed by atoms with Crippen LogP contribution >= 0.6 is 12.6 Å². The molecule has 3 unspecified atom stereocenters. The second kappa shape index (κ2) is 7.54. The highest BCUT2D eigenvalue weighted by Gasteiger charge is 2.40. The molecule has 0 amide bonds. The predicted molar refractivity (Wildman–Crippen MR) is 92.5 cm³/mol. The molecule has 0 spiro atoms. The molecule has 3 atom stereocenters. The third kappa shape index (κ3) is 3.94. The number of rotatable bonds is 9. The first-order chi connectivity index (χ1) is 9.62. The average molecular weight is 298 g/mol. The summed E-state index contributed by atoms with van der Waals surface area (Å²) in [7, 11) is 2.36. The van der Waals surface area contributed by atoms with E-state index in [4.69, 9.17) is 12.6 Å². The first-order valence-corrected chi connectivity index (χ1v) is 9.55. The van der Waals surface area contributed by atoms with Gasteiger partial charge in [0.1, 0.15) is 0 Å². The Hall–Kier alpha value is 0.310. The zero-order chi connectivity index (χ0) is 14.6. The Morgan fingerprint density at radius 3 is 2.25 bits per heavy atom. The lowest BCUT2D eigenvalue weighted by molar-refractivity contribution is 0.138. The normalized spacial score (nSPS) is 29.6. The summed E-state index contributed by atoms with van der Waals surface area (Å²) in [5.41, 5.74) is 0.457.